The van der Waals surface area contributed by atoms with E-state index < -0.39 is 19.9 Å². The van der Waals surface area contributed by atoms with Crippen LogP contribution in [0.2, 0.25) is 0 Å². The van der Waals surface area contributed by atoms with Crippen LogP contribution in [0.5, 0.6) is 0 Å². The molecule has 2 N–H and O–H groups in total. The molecule has 0 saturated carbocycles. The zero-order chi connectivity index (χ0) is 14.4. The van der Waals surface area contributed by atoms with Crippen LogP contribution in [0, 0.1) is 0 Å². The number of nitrogens with one attached hydrogen (secondary N) is 2. The molecular formula is C11H24N2O4S2. The first-order valence-electron chi connectivity index (χ1n) is 6.67. The van der Waals surface area contributed by atoms with Crippen LogP contribution < -0.4 is 10.0 Å². The van der Waals surface area contributed by atoms with Crippen molar-refractivity contribution in [1.29, 1.82) is 0 Å². The molecule has 0 aromatic rings. The molecule has 0 spiro atoms. The molecule has 1 atom stereocenters. The number of piperidine rings is 1. The molecule has 19 heavy (non-hydrogen) atoms. The molecule has 1 saturated heterocycles. The van der Waals surface area contributed by atoms with Crippen molar-refractivity contribution in [3.8, 4) is 0 Å². The Morgan fingerprint density at radius 1 is 1.16 bits per heavy atom. The molecule has 0 aliphatic carbocycles. The Labute approximate surface area is 116 Å². The molecule has 1 aliphatic heterocycles. The maximum absolute atomic E-state index is 11.7. The van der Waals surface area contributed by atoms with Gasteiger partial charge in [0.1, 0.15) is 9.84 Å². The highest BCUT2D eigenvalue weighted by Crippen LogP contribution is 2.10. The molecule has 1 heterocycles. The SMILES string of the molecule is CS(=O)(=O)CCCNS(=O)(=O)CCC1CCCCN1. The van der Waals surface area contributed by atoms with Crippen molar-refractivity contribution in [2.75, 3.05) is 30.9 Å². The van der Waals surface area contributed by atoms with Gasteiger partial charge >= 0.3 is 0 Å². The Hall–Kier alpha value is -0.180. The van der Waals surface area contributed by atoms with E-state index in [2.05, 4.69) is 10.0 Å². The molecule has 1 unspecified atom stereocenters. The van der Waals surface area contributed by atoms with Crippen LogP contribution in [0.3, 0.4) is 0 Å². The minimum Gasteiger partial charge on any atom is -0.314 e. The first kappa shape index (κ1) is 16.9. The van der Waals surface area contributed by atoms with E-state index in [4.69, 9.17) is 0 Å². The van der Waals surface area contributed by atoms with Crippen molar-refractivity contribution in [1.82, 2.24) is 10.0 Å². The van der Waals surface area contributed by atoms with Gasteiger partial charge < -0.3 is 5.32 Å². The van der Waals surface area contributed by atoms with E-state index in [0.717, 1.165) is 32.1 Å². The molecule has 1 rings (SSSR count). The Balaban J connectivity index is 2.20. The topological polar surface area (TPSA) is 92.3 Å². The van der Waals surface area contributed by atoms with Crippen molar-refractivity contribution < 1.29 is 16.8 Å². The van der Waals surface area contributed by atoms with E-state index in [1.54, 1.807) is 0 Å². The van der Waals surface area contributed by atoms with Gasteiger partial charge in [-0.1, -0.05) is 6.42 Å². The largest absolute Gasteiger partial charge is 0.314 e. The fourth-order valence-corrected chi connectivity index (χ4v) is 3.97. The zero-order valence-electron chi connectivity index (χ0n) is 11.4. The van der Waals surface area contributed by atoms with Crippen LogP contribution in [0.4, 0.5) is 0 Å². The van der Waals surface area contributed by atoms with Gasteiger partial charge in [0.25, 0.3) is 0 Å². The lowest BCUT2D eigenvalue weighted by Gasteiger charge is -2.23. The molecule has 8 heteroatoms. The highest BCUT2D eigenvalue weighted by molar-refractivity contribution is 7.90. The lowest BCUT2D eigenvalue weighted by molar-refractivity contribution is 0.392. The summed E-state index contributed by atoms with van der Waals surface area (Å²) in [6, 6.07) is 0.293. The summed E-state index contributed by atoms with van der Waals surface area (Å²) < 4.78 is 47.7. The number of hydrogen-bond donors (Lipinski definition) is 2. The van der Waals surface area contributed by atoms with Crippen LogP contribution in [0.1, 0.15) is 32.1 Å². The molecule has 6 nitrogen and oxygen atoms in total. The van der Waals surface area contributed by atoms with Gasteiger partial charge in [-0.25, -0.2) is 21.6 Å². The van der Waals surface area contributed by atoms with Crippen LogP contribution in [0.15, 0.2) is 0 Å². The van der Waals surface area contributed by atoms with Gasteiger partial charge in [-0.05, 0) is 32.2 Å². The Morgan fingerprint density at radius 2 is 1.89 bits per heavy atom. The Kier molecular flexibility index (Phi) is 6.72. The smallest absolute Gasteiger partial charge is 0.211 e. The van der Waals surface area contributed by atoms with Crippen LogP contribution in [-0.4, -0.2) is 53.7 Å². The predicted octanol–water partition coefficient (Wildman–Crippen LogP) is -0.127. The third kappa shape index (κ3) is 8.56. The van der Waals surface area contributed by atoms with Gasteiger partial charge in [0.15, 0.2) is 0 Å². The molecule has 0 radical (unpaired) electrons. The van der Waals surface area contributed by atoms with Crippen LogP contribution >= 0.6 is 0 Å². The van der Waals surface area contributed by atoms with Crippen molar-refractivity contribution in [3.63, 3.8) is 0 Å². The fraction of sp³-hybridized carbons (Fsp3) is 1.00. The van der Waals surface area contributed by atoms with Gasteiger partial charge in [-0.3, -0.25) is 0 Å². The maximum atomic E-state index is 11.7. The number of rotatable bonds is 8. The number of sulfone groups is 1. The van der Waals surface area contributed by atoms with Crippen molar-refractivity contribution >= 4 is 19.9 Å². The summed E-state index contributed by atoms with van der Waals surface area (Å²) >= 11 is 0. The maximum Gasteiger partial charge on any atom is 0.211 e. The third-order valence-electron chi connectivity index (χ3n) is 3.16. The second-order valence-electron chi connectivity index (χ2n) is 5.13. The fourth-order valence-electron chi connectivity index (χ4n) is 2.10. The molecule has 114 valence electrons. The molecule has 0 amide bonds. The van der Waals surface area contributed by atoms with E-state index in [1.807, 2.05) is 0 Å². The molecule has 1 fully saturated rings. The number of hydrogen-bond acceptors (Lipinski definition) is 5. The van der Waals surface area contributed by atoms with Crippen molar-refractivity contribution in [2.45, 2.75) is 38.1 Å². The summed E-state index contributed by atoms with van der Waals surface area (Å²) in [5.41, 5.74) is 0. The highest BCUT2D eigenvalue weighted by Gasteiger charge is 2.17. The lowest BCUT2D eigenvalue weighted by Crippen LogP contribution is -2.37. The molecule has 0 aromatic heterocycles. The zero-order valence-corrected chi connectivity index (χ0v) is 13.0. The summed E-state index contributed by atoms with van der Waals surface area (Å²) in [4.78, 5) is 0. The van der Waals surface area contributed by atoms with E-state index in [9.17, 15) is 16.8 Å². The predicted molar refractivity (Wildman–Crippen MR) is 76.4 cm³/mol. The van der Waals surface area contributed by atoms with E-state index in [0.29, 0.717) is 18.9 Å². The molecule has 0 aromatic carbocycles. The summed E-state index contributed by atoms with van der Waals surface area (Å²) in [5.74, 6) is 0.114. The minimum atomic E-state index is -3.28. The first-order valence-corrected chi connectivity index (χ1v) is 10.4. The minimum absolute atomic E-state index is 0.0136. The van der Waals surface area contributed by atoms with Crippen LogP contribution in [0.25, 0.3) is 0 Å². The number of sulfonamides is 1. The quantitative estimate of drug-likeness (QED) is 0.609. The van der Waals surface area contributed by atoms with Gasteiger partial charge in [0.2, 0.25) is 10.0 Å². The van der Waals surface area contributed by atoms with Gasteiger partial charge in [-0.2, -0.15) is 0 Å². The summed E-state index contributed by atoms with van der Waals surface area (Å²) in [6.45, 7) is 1.15. The van der Waals surface area contributed by atoms with Crippen molar-refractivity contribution in [2.24, 2.45) is 0 Å². The highest BCUT2D eigenvalue weighted by atomic mass is 32.2. The summed E-state index contributed by atoms with van der Waals surface area (Å²) in [6.07, 6.45) is 5.42. The van der Waals surface area contributed by atoms with Gasteiger partial charge in [0, 0.05) is 18.8 Å². The second kappa shape index (κ2) is 7.56. The summed E-state index contributed by atoms with van der Waals surface area (Å²) in [5, 5.41) is 3.31. The van der Waals surface area contributed by atoms with Crippen molar-refractivity contribution in [3.05, 3.63) is 0 Å². The molecule has 0 bridgehead atoms. The third-order valence-corrected chi connectivity index (χ3v) is 5.61. The first-order chi connectivity index (χ1) is 8.79. The average molecular weight is 312 g/mol. The standard InChI is InChI=1S/C11H24N2O4S2/c1-18(14,15)9-4-8-13-19(16,17)10-6-11-5-2-3-7-12-11/h11-13H,2-10H2,1H3. The van der Waals surface area contributed by atoms with Gasteiger partial charge in [-0.15, -0.1) is 0 Å². The van der Waals surface area contributed by atoms with E-state index in [1.165, 1.54) is 0 Å². The Morgan fingerprint density at radius 3 is 2.47 bits per heavy atom. The monoisotopic (exact) mass is 312 g/mol. The van der Waals surface area contributed by atoms with E-state index in [-0.39, 0.29) is 18.1 Å². The molecular weight excluding hydrogens is 288 g/mol. The second-order valence-corrected chi connectivity index (χ2v) is 9.32. The molecule has 1 aliphatic rings. The summed E-state index contributed by atoms with van der Waals surface area (Å²) in [7, 11) is -6.30. The normalized spacial score (nSPS) is 21.4. The van der Waals surface area contributed by atoms with Gasteiger partial charge in [0.05, 0.1) is 11.5 Å². The average Bonchev–Trinajstić information content (AvgIpc) is 2.33. The van der Waals surface area contributed by atoms with Crippen LogP contribution in [-0.2, 0) is 19.9 Å². The Bertz CT molecular complexity index is 453. The van der Waals surface area contributed by atoms with E-state index >= 15 is 0 Å². The lowest BCUT2D eigenvalue weighted by atomic mass is 10.0.